The van der Waals surface area contributed by atoms with Crippen LogP contribution in [0.15, 0.2) is 78.8 Å². The van der Waals surface area contributed by atoms with E-state index in [1.807, 2.05) is 55.5 Å². The quantitative estimate of drug-likeness (QED) is 0.433. The lowest BCUT2D eigenvalue weighted by atomic mass is 9.96. The fourth-order valence-corrected chi connectivity index (χ4v) is 3.59. The first-order valence-corrected chi connectivity index (χ1v) is 10.1. The van der Waals surface area contributed by atoms with Crippen molar-refractivity contribution < 1.29 is 14.3 Å². The SMILES string of the molecule is C=CCOC(=O)C1=C(C)Nc2ncnn2C1c1ccc(OCc2ccccc2Cl)cc1. The van der Waals surface area contributed by atoms with E-state index in [1.54, 1.807) is 4.68 Å². The molecule has 4 rings (SSSR count). The zero-order chi connectivity index (χ0) is 21.8. The number of benzene rings is 2. The molecule has 0 bridgehead atoms. The summed E-state index contributed by atoms with van der Waals surface area (Å²) in [6, 6.07) is 14.6. The van der Waals surface area contributed by atoms with Crippen LogP contribution in [0.3, 0.4) is 0 Å². The first-order valence-electron chi connectivity index (χ1n) is 9.70. The molecule has 1 unspecified atom stereocenters. The summed E-state index contributed by atoms with van der Waals surface area (Å²) >= 11 is 6.19. The molecule has 31 heavy (non-hydrogen) atoms. The molecular formula is C23H21ClN4O3. The van der Waals surface area contributed by atoms with Crippen molar-refractivity contribution in [3.8, 4) is 5.75 Å². The highest BCUT2D eigenvalue weighted by Crippen LogP contribution is 2.35. The van der Waals surface area contributed by atoms with Crippen LogP contribution in [0.1, 0.15) is 24.1 Å². The Kier molecular flexibility index (Phi) is 6.04. The number of aromatic nitrogens is 3. The summed E-state index contributed by atoms with van der Waals surface area (Å²) in [5.74, 6) is 0.810. The van der Waals surface area contributed by atoms with Gasteiger partial charge in [0.1, 0.15) is 31.3 Å². The smallest absolute Gasteiger partial charge is 0.338 e. The third-order valence-electron chi connectivity index (χ3n) is 4.89. The highest BCUT2D eigenvalue weighted by atomic mass is 35.5. The fourth-order valence-electron chi connectivity index (χ4n) is 3.40. The minimum atomic E-state index is -0.478. The summed E-state index contributed by atoms with van der Waals surface area (Å²) in [4.78, 5) is 17.0. The van der Waals surface area contributed by atoms with Crippen LogP contribution >= 0.6 is 11.6 Å². The minimum Gasteiger partial charge on any atom is -0.489 e. The predicted molar refractivity (Wildman–Crippen MR) is 118 cm³/mol. The zero-order valence-corrected chi connectivity index (χ0v) is 17.7. The monoisotopic (exact) mass is 436 g/mol. The average Bonchev–Trinajstić information content (AvgIpc) is 3.24. The summed E-state index contributed by atoms with van der Waals surface area (Å²) in [7, 11) is 0. The van der Waals surface area contributed by atoms with Crippen LogP contribution in [0.5, 0.6) is 5.75 Å². The number of rotatable bonds is 7. The summed E-state index contributed by atoms with van der Waals surface area (Å²) < 4.78 is 12.8. The van der Waals surface area contributed by atoms with Crippen molar-refractivity contribution >= 4 is 23.5 Å². The van der Waals surface area contributed by atoms with Gasteiger partial charge in [0, 0.05) is 16.3 Å². The molecule has 0 saturated heterocycles. The predicted octanol–water partition coefficient (Wildman–Crippen LogP) is 4.53. The lowest BCUT2D eigenvalue weighted by Gasteiger charge is -2.28. The van der Waals surface area contributed by atoms with E-state index in [1.165, 1.54) is 12.4 Å². The number of esters is 1. The van der Waals surface area contributed by atoms with E-state index in [0.29, 0.717) is 34.6 Å². The van der Waals surface area contributed by atoms with Crippen LogP contribution < -0.4 is 10.1 Å². The molecule has 2 heterocycles. The summed E-state index contributed by atoms with van der Waals surface area (Å²) in [5, 5.41) is 8.08. The molecule has 0 spiro atoms. The second kappa shape index (κ2) is 9.06. The molecule has 0 saturated carbocycles. The van der Waals surface area contributed by atoms with Gasteiger partial charge in [-0.1, -0.05) is 54.6 Å². The molecule has 1 aliphatic heterocycles. The molecule has 2 aromatic carbocycles. The molecule has 1 aliphatic rings. The molecule has 7 nitrogen and oxygen atoms in total. The molecule has 0 amide bonds. The van der Waals surface area contributed by atoms with E-state index in [9.17, 15) is 4.79 Å². The Bertz CT molecular complexity index is 1140. The molecule has 3 aromatic rings. The van der Waals surface area contributed by atoms with Crippen LogP contribution in [-0.4, -0.2) is 27.3 Å². The number of carbonyl (C=O) groups is 1. The van der Waals surface area contributed by atoms with Crippen LogP contribution in [0.2, 0.25) is 5.02 Å². The van der Waals surface area contributed by atoms with Gasteiger partial charge in [0.25, 0.3) is 0 Å². The normalized spacial score (nSPS) is 15.1. The highest BCUT2D eigenvalue weighted by Gasteiger charge is 2.34. The van der Waals surface area contributed by atoms with Crippen molar-refractivity contribution in [1.82, 2.24) is 14.8 Å². The van der Waals surface area contributed by atoms with E-state index < -0.39 is 12.0 Å². The standard InChI is InChI=1S/C23H21ClN4O3/c1-3-12-30-22(29)20-15(2)27-23-25-14-26-28(23)21(20)16-8-10-18(11-9-16)31-13-17-6-4-5-7-19(17)24/h3-11,14,21H,1,12-13H2,2H3,(H,25,26,27). The van der Waals surface area contributed by atoms with Crippen molar-refractivity contribution in [2.75, 3.05) is 11.9 Å². The molecule has 1 N–H and O–H groups in total. The number of allylic oxidation sites excluding steroid dienone is 1. The summed E-state index contributed by atoms with van der Waals surface area (Å²) in [6.45, 7) is 5.90. The van der Waals surface area contributed by atoms with E-state index >= 15 is 0 Å². The maximum atomic E-state index is 12.8. The third-order valence-corrected chi connectivity index (χ3v) is 5.26. The maximum Gasteiger partial charge on any atom is 0.338 e. The van der Waals surface area contributed by atoms with Gasteiger partial charge in [0.05, 0.1) is 5.57 Å². The van der Waals surface area contributed by atoms with Gasteiger partial charge in [-0.2, -0.15) is 10.1 Å². The van der Waals surface area contributed by atoms with Crippen molar-refractivity contribution in [2.45, 2.75) is 19.6 Å². The average molecular weight is 437 g/mol. The Hall–Kier alpha value is -3.58. The van der Waals surface area contributed by atoms with Gasteiger partial charge < -0.3 is 14.8 Å². The first-order chi connectivity index (χ1) is 15.1. The number of fused-ring (bicyclic) bond motifs is 1. The Morgan fingerprint density at radius 3 is 2.77 bits per heavy atom. The van der Waals surface area contributed by atoms with Crippen LogP contribution in [-0.2, 0) is 16.1 Å². The van der Waals surface area contributed by atoms with Crippen LogP contribution in [0.4, 0.5) is 5.95 Å². The minimum absolute atomic E-state index is 0.126. The van der Waals surface area contributed by atoms with E-state index in [2.05, 4.69) is 22.0 Å². The van der Waals surface area contributed by atoms with E-state index in [-0.39, 0.29) is 6.61 Å². The number of carbonyl (C=O) groups excluding carboxylic acids is 1. The van der Waals surface area contributed by atoms with Gasteiger partial charge >= 0.3 is 5.97 Å². The molecule has 0 radical (unpaired) electrons. The first kappa shape index (κ1) is 20.7. The molecule has 0 aliphatic carbocycles. The number of nitrogens with one attached hydrogen (secondary N) is 1. The second-order valence-electron chi connectivity index (χ2n) is 6.93. The van der Waals surface area contributed by atoms with Crippen molar-refractivity contribution in [3.63, 3.8) is 0 Å². The molecule has 158 valence electrons. The van der Waals surface area contributed by atoms with Crippen LogP contribution in [0.25, 0.3) is 0 Å². The lowest BCUT2D eigenvalue weighted by Crippen LogP contribution is -2.29. The van der Waals surface area contributed by atoms with Crippen molar-refractivity contribution in [3.05, 3.63) is 94.9 Å². The number of hydrogen-bond acceptors (Lipinski definition) is 6. The highest BCUT2D eigenvalue weighted by molar-refractivity contribution is 6.31. The number of nitrogens with zero attached hydrogens (tertiary/aromatic N) is 3. The number of anilines is 1. The number of hydrogen-bond donors (Lipinski definition) is 1. The molecule has 1 atom stereocenters. The van der Waals surface area contributed by atoms with Crippen LogP contribution in [0, 0.1) is 0 Å². The Morgan fingerprint density at radius 2 is 2.03 bits per heavy atom. The molecule has 8 heteroatoms. The lowest BCUT2D eigenvalue weighted by molar-refractivity contribution is -0.138. The Morgan fingerprint density at radius 1 is 1.26 bits per heavy atom. The van der Waals surface area contributed by atoms with Crippen molar-refractivity contribution in [2.24, 2.45) is 0 Å². The third kappa shape index (κ3) is 4.32. The van der Waals surface area contributed by atoms with E-state index in [0.717, 1.165) is 11.1 Å². The number of ether oxygens (including phenoxy) is 2. The van der Waals surface area contributed by atoms with Gasteiger partial charge in [-0.25, -0.2) is 9.48 Å². The second-order valence-corrected chi connectivity index (χ2v) is 7.34. The fraction of sp³-hybridized carbons (Fsp3) is 0.174. The maximum absolute atomic E-state index is 12.8. The number of halogens is 1. The van der Waals surface area contributed by atoms with Gasteiger partial charge in [0.2, 0.25) is 5.95 Å². The van der Waals surface area contributed by atoms with E-state index in [4.69, 9.17) is 21.1 Å². The Labute approximate surface area is 185 Å². The topological polar surface area (TPSA) is 78.3 Å². The molecular weight excluding hydrogens is 416 g/mol. The van der Waals surface area contributed by atoms with Gasteiger partial charge in [0.15, 0.2) is 0 Å². The summed E-state index contributed by atoms with van der Waals surface area (Å²) in [5.41, 5.74) is 2.89. The summed E-state index contributed by atoms with van der Waals surface area (Å²) in [6.07, 6.45) is 2.98. The molecule has 1 aromatic heterocycles. The zero-order valence-electron chi connectivity index (χ0n) is 16.9. The van der Waals surface area contributed by atoms with Gasteiger partial charge in [-0.15, -0.1) is 0 Å². The Balaban J connectivity index is 1.59. The van der Waals surface area contributed by atoms with Crippen molar-refractivity contribution in [1.29, 1.82) is 0 Å². The van der Waals surface area contributed by atoms with Gasteiger partial charge in [-0.3, -0.25) is 0 Å². The molecule has 0 fully saturated rings. The largest absolute Gasteiger partial charge is 0.489 e. The van der Waals surface area contributed by atoms with Gasteiger partial charge in [-0.05, 0) is 30.7 Å².